The lowest BCUT2D eigenvalue weighted by atomic mass is 10.1. The number of rotatable bonds is 3. The Bertz CT molecular complexity index is 775. The Hall–Kier alpha value is -2.81. The van der Waals surface area contributed by atoms with Crippen LogP contribution in [0.4, 0.5) is 11.4 Å². The monoisotopic (exact) mass is 262 g/mol. The predicted molar refractivity (Wildman–Crippen MR) is 82.2 cm³/mol. The molecule has 3 aromatic rings. The van der Waals surface area contributed by atoms with Gasteiger partial charge in [0.1, 0.15) is 0 Å². The lowest BCUT2D eigenvalue weighted by molar-refractivity contribution is 0.100. The Morgan fingerprint density at radius 2 is 1.65 bits per heavy atom. The van der Waals surface area contributed by atoms with Crippen LogP contribution >= 0.6 is 0 Å². The van der Waals surface area contributed by atoms with E-state index < -0.39 is 5.91 Å². The Balaban J connectivity index is 2.01. The lowest BCUT2D eigenvalue weighted by Crippen LogP contribution is -2.10. The summed E-state index contributed by atoms with van der Waals surface area (Å²) in [6.45, 7) is 0. The molecule has 3 aromatic carbocycles. The van der Waals surface area contributed by atoms with Gasteiger partial charge in [0.15, 0.2) is 0 Å². The third-order valence-corrected chi connectivity index (χ3v) is 3.22. The molecule has 0 aliphatic heterocycles. The van der Waals surface area contributed by atoms with Crippen LogP contribution in [-0.4, -0.2) is 5.91 Å². The van der Waals surface area contributed by atoms with Crippen LogP contribution in [0, 0.1) is 0 Å². The highest BCUT2D eigenvalue weighted by atomic mass is 16.1. The molecule has 98 valence electrons. The van der Waals surface area contributed by atoms with Gasteiger partial charge in [0.2, 0.25) is 5.91 Å². The number of nitrogens with two attached hydrogens (primary N) is 1. The molecule has 0 radical (unpaired) electrons. The van der Waals surface area contributed by atoms with E-state index in [9.17, 15) is 4.79 Å². The SMILES string of the molecule is NC(=O)c1cccc(Nc2cccc3ccccc23)c1. The fourth-order valence-electron chi connectivity index (χ4n) is 2.24. The Kier molecular flexibility index (Phi) is 3.09. The minimum Gasteiger partial charge on any atom is -0.366 e. The molecule has 20 heavy (non-hydrogen) atoms. The maximum absolute atomic E-state index is 11.2. The van der Waals surface area contributed by atoms with Crippen molar-refractivity contribution >= 4 is 28.1 Å². The number of hydrogen-bond acceptors (Lipinski definition) is 2. The second-order valence-electron chi connectivity index (χ2n) is 4.60. The van der Waals surface area contributed by atoms with Crippen LogP contribution in [0.15, 0.2) is 66.7 Å². The van der Waals surface area contributed by atoms with Crippen molar-refractivity contribution in [2.24, 2.45) is 5.73 Å². The van der Waals surface area contributed by atoms with E-state index in [4.69, 9.17) is 5.73 Å². The first kappa shape index (κ1) is 12.2. The van der Waals surface area contributed by atoms with Gasteiger partial charge in [0.25, 0.3) is 0 Å². The zero-order chi connectivity index (χ0) is 13.9. The Morgan fingerprint density at radius 1 is 0.900 bits per heavy atom. The van der Waals surface area contributed by atoms with Crippen molar-refractivity contribution in [2.75, 3.05) is 5.32 Å². The first-order chi connectivity index (χ1) is 9.74. The van der Waals surface area contributed by atoms with Crippen molar-refractivity contribution in [1.82, 2.24) is 0 Å². The molecular weight excluding hydrogens is 248 g/mol. The molecule has 3 rings (SSSR count). The number of nitrogens with one attached hydrogen (secondary N) is 1. The first-order valence-electron chi connectivity index (χ1n) is 6.39. The van der Waals surface area contributed by atoms with Gasteiger partial charge in [-0.25, -0.2) is 0 Å². The van der Waals surface area contributed by atoms with Crippen molar-refractivity contribution in [3.63, 3.8) is 0 Å². The summed E-state index contributed by atoms with van der Waals surface area (Å²) in [4.78, 5) is 11.2. The number of primary amides is 1. The molecule has 0 spiro atoms. The number of fused-ring (bicyclic) bond motifs is 1. The zero-order valence-electron chi connectivity index (χ0n) is 10.8. The smallest absolute Gasteiger partial charge is 0.248 e. The van der Waals surface area contributed by atoms with E-state index in [2.05, 4.69) is 23.5 Å². The number of carbonyl (C=O) groups excluding carboxylic acids is 1. The molecule has 0 saturated carbocycles. The lowest BCUT2D eigenvalue weighted by Gasteiger charge is -2.10. The maximum atomic E-state index is 11.2. The van der Waals surface area contributed by atoms with Crippen molar-refractivity contribution in [1.29, 1.82) is 0 Å². The third kappa shape index (κ3) is 2.34. The summed E-state index contributed by atoms with van der Waals surface area (Å²) < 4.78 is 0. The average molecular weight is 262 g/mol. The van der Waals surface area contributed by atoms with Crippen LogP contribution in [0.3, 0.4) is 0 Å². The molecule has 3 heteroatoms. The molecule has 0 aliphatic carbocycles. The zero-order valence-corrected chi connectivity index (χ0v) is 10.8. The summed E-state index contributed by atoms with van der Waals surface area (Å²) in [7, 11) is 0. The van der Waals surface area contributed by atoms with Gasteiger partial charge >= 0.3 is 0 Å². The van der Waals surface area contributed by atoms with Crippen LogP contribution < -0.4 is 11.1 Å². The second-order valence-corrected chi connectivity index (χ2v) is 4.60. The first-order valence-corrected chi connectivity index (χ1v) is 6.39. The average Bonchev–Trinajstić information content (AvgIpc) is 2.48. The molecule has 3 N–H and O–H groups in total. The number of hydrogen-bond donors (Lipinski definition) is 2. The minimum absolute atomic E-state index is 0.424. The van der Waals surface area contributed by atoms with Gasteiger partial charge in [-0.2, -0.15) is 0 Å². The van der Waals surface area contributed by atoms with Gasteiger partial charge in [-0.3, -0.25) is 4.79 Å². The highest BCUT2D eigenvalue weighted by Crippen LogP contribution is 2.26. The van der Waals surface area contributed by atoms with Crippen molar-refractivity contribution in [2.45, 2.75) is 0 Å². The van der Waals surface area contributed by atoms with Crippen LogP contribution in [0.1, 0.15) is 10.4 Å². The molecule has 0 saturated heterocycles. The molecule has 0 bridgehead atoms. The van der Waals surface area contributed by atoms with Gasteiger partial charge in [-0.15, -0.1) is 0 Å². The largest absolute Gasteiger partial charge is 0.366 e. The minimum atomic E-state index is -0.424. The van der Waals surface area contributed by atoms with Gasteiger partial charge in [0.05, 0.1) is 0 Å². The summed E-state index contributed by atoms with van der Waals surface area (Å²) in [6.07, 6.45) is 0. The second kappa shape index (κ2) is 5.05. The number of amides is 1. The topological polar surface area (TPSA) is 55.1 Å². The molecule has 0 atom stereocenters. The van der Waals surface area contributed by atoms with Gasteiger partial charge in [-0.1, -0.05) is 42.5 Å². The summed E-state index contributed by atoms with van der Waals surface area (Å²) in [5.41, 5.74) is 7.64. The summed E-state index contributed by atoms with van der Waals surface area (Å²) in [5, 5.41) is 5.64. The van der Waals surface area contributed by atoms with Crippen molar-refractivity contribution < 1.29 is 4.79 Å². The van der Waals surface area contributed by atoms with E-state index in [-0.39, 0.29) is 0 Å². The summed E-state index contributed by atoms with van der Waals surface area (Å²) >= 11 is 0. The molecular formula is C17H14N2O. The van der Waals surface area contributed by atoms with E-state index in [1.807, 2.05) is 36.4 Å². The van der Waals surface area contributed by atoms with Gasteiger partial charge < -0.3 is 11.1 Å². The van der Waals surface area contributed by atoms with Gasteiger partial charge in [0, 0.05) is 22.3 Å². The number of benzene rings is 3. The predicted octanol–water partition coefficient (Wildman–Crippen LogP) is 3.68. The summed E-state index contributed by atoms with van der Waals surface area (Å²) in [6, 6.07) is 21.4. The van der Waals surface area contributed by atoms with Gasteiger partial charge in [-0.05, 0) is 29.7 Å². The Morgan fingerprint density at radius 3 is 2.50 bits per heavy atom. The van der Waals surface area contributed by atoms with Crippen molar-refractivity contribution in [3.05, 3.63) is 72.3 Å². The van der Waals surface area contributed by atoms with Crippen LogP contribution in [0.2, 0.25) is 0 Å². The molecule has 0 heterocycles. The summed E-state index contributed by atoms with van der Waals surface area (Å²) in [5.74, 6) is -0.424. The molecule has 0 aliphatic rings. The van der Waals surface area contributed by atoms with Crippen LogP contribution in [0.5, 0.6) is 0 Å². The fourth-order valence-corrected chi connectivity index (χ4v) is 2.24. The maximum Gasteiger partial charge on any atom is 0.248 e. The third-order valence-electron chi connectivity index (χ3n) is 3.22. The number of carbonyl (C=O) groups is 1. The van der Waals surface area contributed by atoms with E-state index >= 15 is 0 Å². The highest BCUT2D eigenvalue weighted by molar-refractivity contribution is 5.97. The molecule has 3 nitrogen and oxygen atoms in total. The van der Waals surface area contributed by atoms with Crippen molar-refractivity contribution in [3.8, 4) is 0 Å². The fraction of sp³-hybridized carbons (Fsp3) is 0. The normalized spacial score (nSPS) is 10.4. The van der Waals surface area contributed by atoms with E-state index in [1.54, 1.807) is 12.1 Å². The van der Waals surface area contributed by atoms with Crippen LogP contribution in [-0.2, 0) is 0 Å². The molecule has 0 unspecified atom stereocenters. The molecule has 0 aromatic heterocycles. The molecule has 1 amide bonds. The quantitative estimate of drug-likeness (QED) is 0.756. The van der Waals surface area contributed by atoms with Crippen LogP contribution in [0.25, 0.3) is 10.8 Å². The molecule has 0 fully saturated rings. The number of anilines is 2. The standard InChI is InChI=1S/C17H14N2O/c18-17(20)13-7-3-8-14(11-13)19-16-10-4-6-12-5-1-2-9-15(12)16/h1-11,19H,(H2,18,20). The highest BCUT2D eigenvalue weighted by Gasteiger charge is 2.03. The Labute approximate surface area is 117 Å². The van der Waals surface area contributed by atoms with E-state index in [0.717, 1.165) is 16.8 Å². The van der Waals surface area contributed by atoms with E-state index in [1.165, 1.54) is 5.39 Å². The van der Waals surface area contributed by atoms with E-state index in [0.29, 0.717) is 5.56 Å².